The average molecular weight is 492 g/mol. The van der Waals surface area contributed by atoms with E-state index in [4.69, 9.17) is 5.73 Å². The van der Waals surface area contributed by atoms with Gasteiger partial charge >= 0.3 is 0 Å². The summed E-state index contributed by atoms with van der Waals surface area (Å²) in [6.07, 6.45) is 3.22. The second-order valence-corrected chi connectivity index (χ2v) is 8.86. The Morgan fingerprint density at radius 3 is 2.69 bits per heavy atom. The number of aromatic nitrogens is 2. The summed E-state index contributed by atoms with van der Waals surface area (Å²) in [6, 6.07) is 7.03. The Hall–Kier alpha value is -3.40. The van der Waals surface area contributed by atoms with Crippen LogP contribution in [-0.2, 0) is 11.3 Å². The number of aromatic hydroxyl groups is 1. The van der Waals surface area contributed by atoms with Crippen molar-refractivity contribution in [3.63, 3.8) is 0 Å². The van der Waals surface area contributed by atoms with E-state index >= 15 is 0 Å². The van der Waals surface area contributed by atoms with Crippen molar-refractivity contribution in [3.05, 3.63) is 77.9 Å². The third-order valence-corrected chi connectivity index (χ3v) is 5.41. The van der Waals surface area contributed by atoms with Crippen LogP contribution in [0.2, 0.25) is 0 Å². The molecular weight excluding hydrogens is 464 g/mol. The van der Waals surface area contributed by atoms with Crippen molar-refractivity contribution < 1.29 is 27.5 Å². The Kier molecular flexibility index (Phi) is 8.16. The van der Waals surface area contributed by atoms with Gasteiger partial charge in [-0.1, -0.05) is 26.0 Å². The number of phenolic OH excluding ortho intramolecular Hbond substituents is 1. The number of rotatable bonds is 10. The van der Waals surface area contributed by atoms with Crippen molar-refractivity contribution in [2.45, 2.75) is 32.9 Å². The van der Waals surface area contributed by atoms with Crippen LogP contribution in [0, 0.1) is 29.3 Å². The lowest BCUT2D eigenvalue weighted by Gasteiger charge is -2.23. The first-order chi connectivity index (χ1) is 16.5. The third kappa shape index (κ3) is 6.60. The zero-order valence-electron chi connectivity index (χ0n) is 19.4. The van der Waals surface area contributed by atoms with Crippen LogP contribution in [0.25, 0.3) is 11.3 Å². The number of carbonyl (C=O) groups excluding carboxylic acids is 1. The van der Waals surface area contributed by atoms with E-state index in [2.05, 4.69) is 10.3 Å². The lowest BCUT2D eigenvalue weighted by molar-refractivity contribution is -0.127. The van der Waals surface area contributed by atoms with Crippen LogP contribution in [0.3, 0.4) is 0 Å². The van der Waals surface area contributed by atoms with Gasteiger partial charge in [-0.25, -0.2) is 22.5 Å². The number of benzene rings is 2. The highest BCUT2D eigenvalue weighted by Crippen LogP contribution is 2.30. The van der Waals surface area contributed by atoms with E-state index in [9.17, 15) is 27.5 Å². The van der Waals surface area contributed by atoms with Crippen molar-refractivity contribution in [2.24, 2.45) is 11.1 Å². The van der Waals surface area contributed by atoms with E-state index < -0.39 is 35.6 Å². The number of nitrogens with two attached hydrogens (primary N) is 1. The largest absolute Gasteiger partial charge is 0.508 e. The minimum Gasteiger partial charge on any atom is -0.508 e. The lowest BCUT2D eigenvalue weighted by atomic mass is 9.87. The topological polar surface area (TPSA) is 93.2 Å². The van der Waals surface area contributed by atoms with E-state index in [0.717, 1.165) is 6.07 Å². The molecule has 187 valence electrons. The molecule has 2 aromatic carbocycles. The van der Waals surface area contributed by atoms with E-state index in [-0.39, 0.29) is 48.2 Å². The summed E-state index contributed by atoms with van der Waals surface area (Å²) in [4.78, 5) is 17.1. The highest BCUT2D eigenvalue weighted by molar-refractivity contribution is 5.83. The van der Waals surface area contributed by atoms with Gasteiger partial charge < -0.3 is 20.7 Å². The Morgan fingerprint density at radius 1 is 1.26 bits per heavy atom. The minimum absolute atomic E-state index is 0.0302. The van der Waals surface area contributed by atoms with E-state index in [1.807, 2.05) is 0 Å². The van der Waals surface area contributed by atoms with Gasteiger partial charge in [-0.05, 0) is 30.2 Å². The summed E-state index contributed by atoms with van der Waals surface area (Å²) in [6.45, 7) is 2.92. The molecule has 3 aromatic rings. The number of phenols is 1. The molecular formula is C25H27F4N4O2. The highest BCUT2D eigenvalue weighted by Gasteiger charge is 2.31. The van der Waals surface area contributed by atoms with E-state index in [0.29, 0.717) is 11.6 Å². The molecule has 3 rings (SSSR count). The van der Waals surface area contributed by atoms with Crippen LogP contribution >= 0.6 is 0 Å². The highest BCUT2D eigenvalue weighted by atomic mass is 19.2. The Bertz CT molecular complexity index is 1200. The molecule has 1 amide bonds. The summed E-state index contributed by atoms with van der Waals surface area (Å²) < 4.78 is 56.2. The number of nitrogens with one attached hydrogen (secondary N) is 1. The van der Waals surface area contributed by atoms with Crippen molar-refractivity contribution in [1.82, 2.24) is 14.9 Å². The van der Waals surface area contributed by atoms with Crippen LogP contribution < -0.4 is 11.1 Å². The lowest BCUT2D eigenvalue weighted by Crippen LogP contribution is -2.40. The van der Waals surface area contributed by atoms with Crippen LogP contribution in [0.5, 0.6) is 5.75 Å². The van der Waals surface area contributed by atoms with Crippen molar-refractivity contribution in [3.8, 4) is 17.0 Å². The number of carbonyl (C=O) groups is 1. The number of hydrogen-bond acceptors (Lipinski definition) is 4. The molecule has 0 spiro atoms. The quantitative estimate of drug-likeness (QED) is 0.294. The fourth-order valence-corrected chi connectivity index (χ4v) is 3.46. The molecule has 1 aromatic heterocycles. The summed E-state index contributed by atoms with van der Waals surface area (Å²) in [7, 11) is 0. The fourth-order valence-electron chi connectivity index (χ4n) is 3.46. The van der Waals surface area contributed by atoms with Crippen LogP contribution in [-0.4, -0.2) is 39.8 Å². The predicted molar refractivity (Wildman–Crippen MR) is 124 cm³/mol. The van der Waals surface area contributed by atoms with Gasteiger partial charge in [0.1, 0.15) is 24.1 Å². The normalized spacial score (nSPS) is 12.5. The SMILES string of the molecule is CC(C)([CH]c1nc(-c2cc(F)cc(F)c2F)cn1Cc1cccc(O)c1)C(=O)NCC[C@@H](N)CF. The maximum Gasteiger partial charge on any atom is 0.226 e. The molecule has 6 nitrogen and oxygen atoms in total. The van der Waals surface area contributed by atoms with Gasteiger partial charge in [-0.15, -0.1) is 0 Å². The molecule has 1 atom stereocenters. The minimum atomic E-state index is -1.35. The van der Waals surface area contributed by atoms with Crippen LogP contribution in [0.15, 0.2) is 42.6 Å². The summed E-state index contributed by atoms with van der Waals surface area (Å²) >= 11 is 0. The fraction of sp³-hybridized carbons (Fsp3) is 0.320. The number of alkyl halides is 1. The molecule has 0 aliphatic heterocycles. The third-order valence-electron chi connectivity index (χ3n) is 5.41. The number of hydrogen-bond donors (Lipinski definition) is 3. The van der Waals surface area contributed by atoms with E-state index in [1.165, 1.54) is 24.8 Å². The van der Waals surface area contributed by atoms with Gasteiger partial charge in [0.25, 0.3) is 0 Å². The molecule has 0 unspecified atom stereocenters. The van der Waals surface area contributed by atoms with Gasteiger partial charge in [0.15, 0.2) is 11.6 Å². The average Bonchev–Trinajstić information content (AvgIpc) is 3.17. The summed E-state index contributed by atoms with van der Waals surface area (Å²) in [5.74, 6) is -3.65. The molecule has 1 heterocycles. The molecule has 0 bridgehead atoms. The van der Waals surface area contributed by atoms with Crippen molar-refractivity contribution in [1.29, 1.82) is 0 Å². The van der Waals surface area contributed by atoms with Gasteiger partial charge in [0, 0.05) is 43.4 Å². The summed E-state index contributed by atoms with van der Waals surface area (Å²) in [5.41, 5.74) is 4.71. The number of imidazole rings is 1. The monoisotopic (exact) mass is 491 g/mol. The molecule has 0 saturated heterocycles. The molecule has 4 N–H and O–H groups in total. The van der Waals surface area contributed by atoms with E-state index in [1.54, 1.807) is 30.5 Å². The first-order valence-corrected chi connectivity index (χ1v) is 11.0. The Morgan fingerprint density at radius 2 is 2.00 bits per heavy atom. The van der Waals surface area contributed by atoms with Gasteiger partial charge in [-0.3, -0.25) is 4.79 Å². The molecule has 35 heavy (non-hydrogen) atoms. The molecule has 0 saturated carbocycles. The first-order valence-electron chi connectivity index (χ1n) is 11.0. The molecule has 10 heteroatoms. The smallest absolute Gasteiger partial charge is 0.226 e. The Labute approximate surface area is 200 Å². The second kappa shape index (κ2) is 10.9. The maximum absolute atomic E-state index is 14.5. The molecule has 0 aliphatic carbocycles. The van der Waals surface area contributed by atoms with Crippen molar-refractivity contribution >= 4 is 5.91 Å². The molecule has 0 fully saturated rings. The van der Waals surface area contributed by atoms with Gasteiger partial charge in [0.05, 0.1) is 11.1 Å². The number of halogens is 4. The van der Waals surface area contributed by atoms with Crippen LogP contribution in [0.4, 0.5) is 17.6 Å². The standard InChI is InChI=1S/C25H27F4N4O2/c1-25(2,24(35)31-7-6-17(30)12-26)11-22-32-21(19-9-16(27)10-20(28)23(19)29)14-33(22)13-15-4-3-5-18(34)8-15/h3-5,8-11,14,17,34H,6-7,12-13,30H2,1-2H3,(H,31,35)/t17-/m1/s1. The number of nitrogens with zero attached hydrogens (tertiary/aromatic N) is 2. The first kappa shape index (κ1) is 26.2. The Balaban J connectivity index is 1.93. The van der Waals surface area contributed by atoms with Crippen LogP contribution in [0.1, 0.15) is 31.7 Å². The zero-order valence-corrected chi connectivity index (χ0v) is 19.4. The maximum atomic E-state index is 14.5. The predicted octanol–water partition coefficient (Wildman–Crippen LogP) is 4.10. The summed E-state index contributed by atoms with van der Waals surface area (Å²) in [5, 5.41) is 12.5. The second-order valence-electron chi connectivity index (χ2n) is 8.86. The van der Waals surface area contributed by atoms with Crippen molar-refractivity contribution in [2.75, 3.05) is 13.2 Å². The molecule has 0 aliphatic rings. The van der Waals surface area contributed by atoms with Gasteiger partial charge in [0.2, 0.25) is 5.91 Å². The molecule has 1 radical (unpaired) electrons. The number of amides is 1. The zero-order chi connectivity index (χ0) is 25.8. The van der Waals surface area contributed by atoms with Gasteiger partial charge in [-0.2, -0.15) is 0 Å².